The van der Waals surface area contributed by atoms with Crippen molar-refractivity contribution < 1.29 is 4.79 Å². The fourth-order valence-corrected chi connectivity index (χ4v) is 3.62. The molecule has 2 aliphatic rings. The SMILES string of the molecule is CN(Cc1ccccc1N1CCCC1)C(=O)C1CCCNC1. The van der Waals surface area contributed by atoms with Gasteiger partial charge in [-0.2, -0.15) is 0 Å². The molecule has 2 aliphatic heterocycles. The number of hydrogen-bond donors (Lipinski definition) is 1. The van der Waals surface area contributed by atoms with Gasteiger partial charge < -0.3 is 15.1 Å². The van der Waals surface area contributed by atoms with Crippen LogP contribution in [0.2, 0.25) is 0 Å². The van der Waals surface area contributed by atoms with Crippen molar-refractivity contribution in [3.05, 3.63) is 29.8 Å². The first-order chi connectivity index (χ1) is 10.8. The van der Waals surface area contributed by atoms with E-state index in [1.807, 2.05) is 11.9 Å². The molecule has 4 heteroatoms. The quantitative estimate of drug-likeness (QED) is 0.926. The van der Waals surface area contributed by atoms with Crippen LogP contribution in [0.25, 0.3) is 0 Å². The molecule has 0 aliphatic carbocycles. The molecule has 1 amide bonds. The number of carbonyl (C=O) groups excluding carboxylic acids is 1. The van der Waals surface area contributed by atoms with Gasteiger partial charge in [0.05, 0.1) is 5.92 Å². The molecule has 22 heavy (non-hydrogen) atoms. The van der Waals surface area contributed by atoms with Crippen molar-refractivity contribution in [2.75, 3.05) is 38.1 Å². The lowest BCUT2D eigenvalue weighted by Crippen LogP contribution is -2.41. The number of nitrogens with zero attached hydrogens (tertiary/aromatic N) is 2. The maximum Gasteiger partial charge on any atom is 0.227 e. The number of nitrogens with one attached hydrogen (secondary N) is 1. The van der Waals surface area contributed by atoms with Crippen LogP contribution in [0.15, 0.2) is 24.3 Å². The normalized spacial score (nSPS) is 21.9. The molecule has 1 aromatic carbocycles. The third-order valence-corrected chi connectivity index (χ3v) is 4.87. The molecule has 2 saturated heterocycles. The van der Waals surface area contributed by atoms with Gasteiger partial charge in [-0.3, -0.25) is 4.79 Å². The van der Waals surface area contributed by atoms with E-state index in [2.05, 4.69) is 34.5 Å². The second-order valence-electron chi connectivity index (χ2n) is 6.56. The number of amides is 1. The van der Waals surface area contributed by atoms with Crippen LogP contribution in [0, 0.1) is 5.92 Å². The molecule has 2 heterocycles. The Morgan fingerprint density at radius 2 is 2.05 bits per heavy atom. The number of anilines is 1. The first-order valence-electron chi connectivity index (χ1n) is 8.54. The lowest BCUT2D eigenvalue weighted by atomic mass is 9.98. The van der Waals surface area contributed by atoms with E-state index in [4.69, 9.17) is 0 Å². The Balaban J connectivity index is 1.68. The van der Waals surface area contributed by atoms with E-state index in [0.717, 1.165) is 39.0 Å². The highest BCUT2D eigenvalue weighted by molar-refractivity contribution is 5.79. The van der Waals surface area contributed by atoms with Crippen LogP contribution in [-0.4, -0.2) is 44.0 Å². The minimum Gasteiger partial charge on any atom is -0.371 e. The van der Waals surface area contributed by atoms with Crippen LogP contribution in [0.3, 0.4) is 0 Å². The number of piperidine rings is 1. The van der Waals surface area contributed by atoms with Crippen molar-refractivity contribution >= 4 is 11.6 Å². The molecule has 4 nitrogen and oxygen atoms in total. The van der Waals surface area contributed by atoms with Crippen LogP contribution in [0.4, 0.5) is 5.69 Å². The van der Waals surface area contributed by atoms with E-state index in [-0.39, 0.29) is 11.8 Å². The van der Waals surface area contributed by atoms with Gasteiger partial charge in [-0.25, -0.2) is 0 Å². The molecular weight excluding hydrogens is 274 g/mol. The van der Waals surface area contributed by atoms with Gasteiger partial charge in [0, 0.05) is 38.9 Å². The summed E-state index contributed by atoms with van der Waals surface area (Å²) in [4.78, 5) is 17.0. The van der Waals surface area contributed by atoms with E-state index in [9.17, 15) is 4.79 Å². The van der Waals surface area contributed by atoms with Gasteiger partial charge >= 0.3 is 0 Å². The summed E-state index contributed by atoms with van der Waals surface area (Å²) in [6.07, 6.45) is 4.67. The molecule has 3 rings (SSSR count). The fraction of sp³-hybridized carbons (Fsp3) is 0.611. The molecule has 0 bridgehead atoms. The number of hydrogen-bond acceptors (Lipinski definition) is 3. The fourth-order valence-electron chi connectivity index (χ4n) is 3.62. The highest BCUT2D eigenvalue weighted by Crippen LogP contribution is 2.26. The summed E-state index contributed by atoms with van der Waals surface area (Å²) in [5.74, 6) is 0.432. The van der Waals surface area contributed by atoms with Gasteiger partial charge in [-0.15, -0.1) is 0 Å². The van der Waals surface area contributed by atoms with Crippen LogP contribution < -0.4 is 10.2 Å². The number of rotatable bonds is 4. The first-order valence-corrected chi connectivity index (χ1v) is 8.54. The van der Waals surface area contributed by atoms with Gasteiger partial charge in [0.15, 0.2) is 0 Å². The van der Waals surface area contributed by atoms with Crippen molar-refractivity contribution in [2.24, 2.45) is 5.92 Å². The number of carbonyl (C=O) groups is 1. The molecule has 0 aromatic heterocycles. The van der Waals surface area contributed by atoms with E-state index in [1.165, 1.54) is 24.1 Å². The van der Waals surface area contributed by atoms with Gasteiger partial charge in [0.1, 0.15) is 0 Å². The molecule has 2 fully saturated rings. The van der Waals surface area contributed by atoms with Crippen molar-refractivity contribution in [1.29, 1.82) is 0 Å². The monoisotopic (exact) mass is 301 g/mol. The molecule has 120 valence electrons. The van der Waals surface area contributed by atoms with Crippen LogP contribution >= 0.6 is 0 Å². The predicted octanol–water partition coefficient (Wildman–Crippen LogP) is 2.24. The van der Waals surface area contributed by atoms with Gasteiger partial charge in [-0.05, 0) is 43.9 Å². The number of benzene rings is 1. The average Bonchev–Trinajstić information content (AvgIpc) is 3.10. The molecule has 1 N–H and O–H groups in total. The zero-order valence-electron chi connectivity index (χ0n) is 13.6. The maximum atomic E-state index is 12.6. The Morgan fingerprint density at radius 3 is 2.77 bits per heavy atom. The zero-order valence-corrected chi connectivity index (χ0v) is 13.6. The number of para-hydroxylation sites is 1. The lowest BCUT2D eigenvalue weighted by Gasteiger charge is -2.29. The molecule has 1 atom stereocenters. The Bertz CT molecular complexity index is 505. The Morgan fingerprint density at radius 1 is 1.27 bits per heavy atom. The third kappa shape index (κ3) is 3.43. The highest BCUT2D eigenvalue weighted by Gasteiger charge is 2.25. The molecule has 0 radical (unpaired) electrons. The van der Waals surface area contributed by atoms with E-state index in [1.54, 1.807) is 0 Å². The standard InChI is InChI=1S/C18H27N3O/c1-20(18(22)15-8-6-10-19-13-15)14-16-7-2-3-9-17(16)21-11-4-5-12-21/h2-3,7,9,15,19H,4-6,8,10-14H2,1H3. The van der Waals surface area contributed by atoms with Crippen molar-refractivity contribution in [1.82, 2.24) is 10.2 Å². The van der Waals surface area contributed by atoms with Gasteiger partial charge in [0.25, 0.3) is 0 Å². The van der Waals surface area contributed by atoms with Crippen LogP contribution in [-0.2, 0) is 11.3 Å². The van der Waals surface area contributed by atoms with Crippen LogP contribution in [0.5, 0.6) is 0 Å². The molecule has 1 unspecified atom stereocenters. The Kier molecular flexibility index (Phi) is 4.98. The summed E-state index contributed by atoms with van der Waals surface area (Å²) in [7, 11) is 1.94. The summed E-state index contributed by atoms with van der Waals surface area (Å²) in [5, 5.41) is 3.33. The lowest BCUT2D eigenvalue weighted by molar-refractivity contribution is -0.135. The third-order valence-electron chi connectivity index (χ3n) is 4.87. The Hall–Kier alpha value is -1.55. The minimum absolute atomic E-state index is 0.151. The predicted molar refractivity (Wildman–Crippen MR) is 90.0 cm³/mol. The summed E-state index contributed by atoms with van der Waals surface area (Å²) in [6.45, 7) is 4.87. The summed E-state index contributed by atoms with van der Waals surface area (Å²) in [6, 6.07) is 8.54. The van der Waals surface area contributed by atoms with E-state index >= 15 is 0 Å². The molecule has 0 saturated carbocycles. The molecule has 1 aromatic rings. The second kappa shape index (κ2) is 7.14. The maximum absolute atomic E-state index is 12.6. The van der Waals surface area contributed by atoms with Gasteiger partial charge in [-0.1, -0.05) is 18.2 Å². The van der Waals surface area contributed by atoms with Crippen molar-refractivity contribution in [2.45, 2.75) is 32.2 Å². The van der Waals surface area contributed by atoms with Crippen LogP contribution in [0.1, 0.15) is 31.2 Å². The van der Waals surface area contributed by atoms with E-state index in [0.29, 0.717) is 6.54 Å². The summed E-state index contributed by atoms with van der Waals surface area (Å²) in [5.41, 5.74) is 2.57. The van der Waals surface area contributed by atoms with Crippen molar-refractivity contribution in [3.8, 4) is 0 Å². The highest BCUT2D eigenvalue weighted by atomic mass is 16.2. The van der Waals surface area contributed by atoms with E-state index < -0.39 is 0 Å². The zero-order chi connectivity index (χ0) is 15.4. The molecule has 0 spiro atoms. The molecular formula is C18H27N3O. The Labute approximate surface area is 133 Å². The summed E-state index contributed by atoms with van der Waals surface area (Å²) >= 11 is 0. The van der Waals surface area contributed by atoms with Gasteiger partial charge in [0.2, 0.25) is 5.91 Å². The largest absolute Gasteiger partial charge is 0.371 e. The summed E-state index contributed by atoms with van der Waals surface area (Å²) < 4.78 is 0. The topological polar surface area (TPSA) is 35.6 Å². The second-order valence-corrected chi connectivity index (χ2v) is 6.56. The van der Waals surface area contributed by atoms with Crippen molar-refractivity contribution in [3.63, 3.8) is 0 Å². The average molecular weight is 301 g/mol. The first kappa shape index (κ1) is 15.3. The minimum atomic E-state index is 0.151. The smallest absolute Gasteiger partial charge is 0.227 e.